The van der Waals surface area contributed by atoms with Crippen LogP contribution in [-0.4, -0.2) is 22.2 Å². The van der Waals surface area contributed by atoms with Gasteiger partial charge in [-0.05, 0) is 47.4 Å². The molecule has 1 heterocycles. The summed E-state index contributed by atoms with van der Waals surface area (Å²) in [6.07, 6.45) is 0. The molecule has 5 nitrogen and oxygen atoms in total. The number of hydrogen-bond donors (Lipinski definition) is 3. The number of nitrogens with two attached hydrogens (primary N) is 1. The molecular formula is C14H16ClN3O2S. The van der Waals surface area contributed by atoms with Crippen LogP contribution in [0.3, 0.4) is 0 Å². The lowest BCUT2D eigenvalue weighted by atomic mass is 10.2. The first kappa shape index (κ1) is 14.5. The summed E-state index contributed by atoms with van der Waals surface area (Å²) < 4.78 is 24.5. The van der Waals surface area contributed by atoms with Crippen LogP contribution in [0.15, 0.2) is 48.5 Å². The Balaban J connectivity index is 2.13. The molecule has 112 valence electrons. The molecule has 0 atom stereocenters. The first-order valence-corrected chi connectivity index (χ1v) is 8.30. The van der Waals surface area contributed by atoms with E-state index in [0.717, 1.165) is 11.4 Å². The predicted molar refractivity (Wildman–Crippen MR) is 89.3 cm³/mol. The number of halogens is 1. The maximum atomic E-state index is 10.7. The van der Waals surface area contributed by atoms with Crippen LogP contribution in [0, 0.1) is 0 Å². The summed E-state index contributed by atoms with van der Waals surface area (Å²) in [4.78, 5) is 0. The van der Waals surface area contributed by atoms with Crippen LogP contribution in [0.1, 0.15) is 0 Å². The van der Waals surface area contributed by atoms with E-state index in [0.29, 0.717) is 23.8 Å². The van der Waals surface area contributed by atoms with E-state index in [9.17, 15) is 9.11 Å². The van der Waals surface area contributed by atoms with Gasteiger partial charge in [0.25, 0.3) is 0 Å². The summed E-state index contributed by atoms with van der Waals surface area (Å²) in [5.41, 5.74) is 7.78. The van der Waals surface area contributed by atoms with Crippen LogP contribution in [0.2, 0.25) is 5.02 Å². The fraction of sp³-hybridized carbons (Fsp3) is 0.143. The van der Waals surface area contributed by atoms with Crippen molar-refractivity contribution in [2.24, 2.45) is 5.73 Å². The van der Waals surface area contributed by atoms with Gasteiger partial charge in [0.15, 0.2) is 0 Å². The quantitative estimate of drug-likeness (QED) is 0.799. The largest absolute Gasteiger partial charge is 0.329 e. The highest BCUT2D eigenvalue weighted by atomic mass is 35.5. The van der Waals surface area contributed by atoms with E-state index in [2.05, 4.69) is 0 Å². The standard InChI is InChI=1S/C14H16ClN3O2S/c15-11-5-7-12(8-6-11)18-14-4-2-1-3-13(14)17(10-9-16)21(18,19)20/h1-8,19-20H,9-10,16H2. The molecule has 1 aliphatic heterocycles. The SMILES string of the molecule is NCCN1c2ccccc2N(c2ccc(Cl)cc2)S1(O)O. The molecule has 0 fully saturated rings. The third-order valence-corrected chi connectivity index (χ3v) is 5.42. The second kappa shape index (κ2) is 5.40. The van der Waals surface area contributed by atoms with Gasteiger partial charge in [-0.1, -0.05) is 23.7 Å². The molecule has 0 bridgehead atoms. The van der Waals surface area contributed by atoms with Crippen molar-refractivity contribution < 1.29 is 9.11 Å². The molecule has 0 aromatic heterocycles. The van der Waals surface area contributed by atoms with E-state index >= 15 is 0 Å². The highest BCUT2D eigenvalue weighted by Gasteiger charge is 2.40. The Kier molecular flexibility index (Phi) is 3.73. The summed E-state index contributed by atoms with van der Waals surface area (Å²) in [6, 6.07) is 14.4. The van der Waals surface area contributed by atoms with Crippen LogP contribution in [0.4, 0.5) is 17.1 Å². The van der Waals surface area contributed by atoms with Crippen molar-refractivity contribution in [3.05, 3.63) is 53.6 Å². The Bertz CT molecular complexity index is 651. The van der Waals surface area contributed by atoms with Gasteiger partial charge in [-0.3, -0.25) is 13.4 Å². The van der Waals surface area contributed by atoms with Crippen molar-refractivity contribution in [3.8, 4) is 0 Å². The molecule has 0 saturated carbocycles. The van der Waals surface area contributed by atoms with E-state index in [1.54, 1.807) is 28.6 Å². The number of anilines is 3. The third kappa shape index (κ3) is 2.35. The van der Waals surface area contributed by atoms with E-state index in [1.165, 1.54) is 4.31 Å². The van der Waals surface area contributed by atoms with Crippen LogP contribution >= 0.6 is 22.6 Å². The highest BCUT2D eigenvalue weighted by molar-refractivity contribution is 8.27. The molecule has 0 unspecified atom stereocenters. The second-order valence-electron chi connectivity index (χ2n) is 4.64. The summed E-state index contributed by atoms with van der Waals surface area (Å²) in [5, 5.41) is 0.599. The predicted octanol–water partition coefficient (Wildman–Crippen LogP) is 3.84. The van der Waals surface area contributed by atoms with Gasteiger partial charge in [0.2, 0.25) is 0 Å². The first-order valence-electron chi connectivity index (χ1n) is 6.46. The average Bonchev–Trinajstić information content (AvgIpc) is 2.69. The van der Waals surface area contributed by atoms with Crippen molar-refractivity contribution in [2.45, 2.75) is 0 Å². The molecule has 7 heteroatoms. The topological polar surface area (TPSA) is 73.0 Å². The molecule has 21 heavy (non-hydrogen) atoms. The van der Waals surface area contributed by atoms with Crippen LogP contribution < -0.4 is 14.3 Å². The number of hydrogen-bond acceptors (Lipinski definition) is 5. The first-order chi connectivity index (χ1) is 10.1. The van der Waals surface area contributed by atoms with Gasteiger partial charge in [0.1, 0.15) is 0 Å². The Morgan fingerprint density at radius 2 is 1.62 bits per heavy atom. The lowest BCUT2D eigenvalue weighted by Gasteiger charge is -2.43. The maximum Gasteiger partial charge on any atom is 0.0896 e. The molecule has 3 rings (SSSR count). The molecule has 0 spiro atoms. The van der Waals surface area contributed by atoms with Gasteiger partial charge in [-0.15, -0.1) is 0 Å². The molecule has 1 aliphatic rings. The fourth-order valence-corrected chi connectivity index (χ4v) is 4.34. The summed E-state index contributed by atoms with van der Waals surface area (Å²) >= 11 is 5.90. The van der Waals surface area contributed by atoms with Gasteiger partial charge < -0.3 is 5.73 Å². The van der Waals surface area contributed by atoms with Gasteiger partial charge >= 0.3 is 0 Å². The van der Waals surface area contributed by atoms with Crippen LogP contribution in [-0.2, 0) is 0 Å². The zero-order chi connectivity index (χ0) is 15.0. The normalized spacial score (nSPS) is 17.7. The van der Waals surface area contributed by atoms with Gasteiger partial charge in [0, 0.05) is 11.6 Å². The van der Waals surface area contributed by atoms with Gasteiger partial charge in [-0.2, -0.15) is 0 Å². The molecule has 0 amide bonds. The number of nitrogens with zero attached hydrogens (tertiary/aromatic N) is 2. The molecular weight excluding hydrogens is 310 g/mol. The molecule has 0 saturated heterocycles. The maximum absolute atomic E-state index is 10.7. The number of rotatable bonds is 3. The summed E-state index contributed by atoms with van der Waals surface area (Å²) in [5.74, 6) is 0. The van der Waals surface area contributed by atoms with E-state index in [-0.39, 0.29) is 0 Å². The number of benzene rings is 2. The monoisotopic (exact) mass is 325 g/mol. The van der Waals surface area contributed by atoms with E-state index < -0.39 is 11.0 Å². The third-order valence-electron chi connectivity index (χ3n) is 3.30. The molecule has 0 radical (unpaired) electrons. The molecule has 4 N–H and O–H groups in total. The smallest absolute Gasteiger partial charge is 0.0896 e. The minimum atomic E-state index is -3.17. The van der Waals surface area contributed by atoms with Crippen molar-refractivity contribution in [1.29, 1.82) is 0 Å². The minimum absolute atomic E-state index is 0.332. The van der Waals surface area contributed by atoms with E-state index in [4.69, 9.17) is 17.3 Å². The number of para-hydroxylation sites is 2. The van der Waals surface area contributed by atoms with Crippen molar-refractivity contribution >= 4 is 39.6 Å². The molecule has 0 aliphatic carbocycles. The zero-order valence-corrected chi connectivity index (χ0v) is 12.8. The summed E-state index contributed by atoms with van der Waals surface area (Å²) in [6.45, 7) is 0.697. The van der Waals surface area contributed by atoms with Crippen molar-refractivity contribution in [1.82, 2.24) is 0 Å². The summed E-state index contributed by atoms with van der Waals surface area (Å²) in [7, 11) is -3.17. The minimum Gasteiger partial charge on any atom is -0.329 e. The Labute approximate surface area is 130 Å². The second-order valence-corrected chi connectivity index (χ2v) is 6.86. The van der Waals surface area contributed by atoms with Crippen LogP contribution in [0.25, 0.3) is 0 Å². The fourth-order valence-electron chi connectivity index (χ4n) is 2.43. The molecule has 2 aromatic rings. The van der Waals surface area contributed by atoms with Crippen molar-refractivity contribution in [2.75, 3.05) is 21.7 Å². The van der Waals surface area contributed by atoms with Gasteiger partial charge in [0.05, 0.1) is 23.6 Å². The van der Waals surface area contributed by atoms with E-state index in [1.807, 2.05) is 24.3 Å². The highest BCUT2D eigenvalue weighted by Crippen LogP contribution is 2.63. The van der Waals surface area contributed by atoms with Gasteiger partial charge in [-0.25, -0.2) is 4.31 Å². The lowest BCUT2D eigenvalue weighted by Crippen LogP contribution is -2.34. The average molecular weight is 326 g/mol. The Hall–Kier alpha value is -1.44. The lowest BCUT2D eigenvalue weighted by molar-refractivity contribution is 0.485. The number of fused-ring (bicyclic) bond motifs is 1. The molecule has 2 aromatic carbocycles. The van der Waals surface area contributed by atoms with Crippen LogP contribution in [0.5, 0.6) is 0 Å². The van der Waals surface area contributed by atoms with Crippen molar-refractivity contribution in [3.63, 3.8) is 0 Å². The Morgan fingerprint density at radius 1 is 1.00 bits per heavy atom. The Morgan fingerprint density at radius 3 is 2.24 bits per heavy atom. The zero-order valence-electron chi connectivity index (χ0n) is 11.2.